The maximum atomic E-state index is 12.0. The normalized spacial score (nSPS) is 11.3. The molecule has 3 aromatic rings. The van der Waals surface area contributed by atoms with Crippen molar-refractivity contribution in [3.8, 4) is 11.4 Å². The van der Waals surface area contributed by atoms with Crippen molar-refractivity contribution in [1.82, 2.24) is 25.6 Å². The predicted octanol–water partition coefficient (Wildman–Crippen LogP) is 2.44. The zero-order chi connectivity index (χ0) is 20.1. The monoisotopic (exact) mass is 399 g/mol. The van der Waals surface area contributed by atoms with E-state index in [1.165, 1.54) is 12.1 Å². The van der Waals surface area contributed by atoms with E-state index in [9.17, 15) is 14.9 Å². The number of halogens is 1. The van der Waals surface area contributed by atoms with E-state index in [1.54, 1.807) is 13.0 Å². The quantitative estimate of drug-likeness (QED) is 0.385. The fourth-order valence-electron chi connectivity index (χ4n) is 2.27. The van der Waals surface area contributed by atoms with Gasteiger partial charge in [0.2, 0.25) is 5.82 Å². The summed E-state index contributed by atoms with van der Waals surface area (Å²) in [6.07, 6.45) is 0. The molecule has 0 atom stereocenters. The average Bonchev–Trinajstić information content (AvgIpc) is 3.15. The van der Waals surface area contributed by atoms with Crippen molar-refractivity contribution in [3.63, 3.8) is 0 Å². The maximum absolute atomic E-state index is 12.0. The first-order valence-corrected chi connectivity index (χ1v) is 8.42. The van der Waals surface area contributed by atoms with Crippen LogP contribution in [0.15, 0.2) is 53.6 Å². The van der Waals surface area contributed by atoms with Gasteiger partial charge in [0.15, 0.2) is 0 Å². The number of carbonyl (C=O) groups excluding carboxylic acids is 1. The van der Waals surface area contributed by atoms with Gasteiger partial charge < -0.3 is 0 Å². The molecule has 0 saturated carbocycles. The third kappa shape index (κ3) is 4.54. The lowest BCUT2D eigenvalue weighted by Gasteiger charge is -2.03. The van der Waals surface area contributed by atoms with Crippen LogP contribution in [-0.4, -0.2) is 36.7 Å². The van der Waals surface area contributed by atoms with E-state index in [-0.39, 0.29) is 17.3 Å². The molecule has 1 amide bonds. The molecule has 1 N–H and O–H groups in total. The molecule has 11 heteroatoms. The third-order valence-electron chi connectivity index (χ3n) is 3.68. The zero-order valence-electron chi connectivity index (χ0n) is 14.6. The van der Waals surface area contributed by atoms with Crippen LogP contribution < -0.4 is 5.43 Å². The second-order valence-electron chi connectivity index (χ2n) is 5.66. The Kier molecular flexibility index (Phi) is 5.70. The molecule has 2 aromatic carbocycles. The van der Waals surface area contributed by atoms with Crippen LogP contribution in [-0.2, 0) is 11.3 Å². The van der Waals surface area contributed by atoms with E-state index in [4.69, 9.17) is 11.6 Å². The molecule has 0 aliphatic heterocycles. The minimum atomic E-state index is -0.585. The van der Waals surface area contributed by atoms with Gasteiger partial charge in [-0.1, -0.05) is 48.0 Å². The summed E-state index contributed by atoms with van der Waals surface area (Å²) in [6, 6.07) is 13.5. The fraction of sp³-hybridized carbons (Fsp3) is 0.118. The highest BCUT2D eigenvalue weighted by Crippen LogP contribution is 2.25. The highest BCUT2D eigenvalue weighted by Gasteiger charge is 2.14. The minimum Gasteiger partial charge on any atom is -0.271 e. The maximum Gasteiger partial charge on any atom is 0.288 e. The van der Waals surface area contributed by atoms with E-state index >= 15 is 0 Å². The highest BCUT2D eigenvalue weighted by atomic mass is 35.5. The number of rotatable bonds is 6. The molecule has 0 aliphatic carbocycles. The molecule has 10 nitrogen and oxygen atoms in total. The Morgan fingerprint density at radius 1 is 1.29 bits per heavy atom. The summed E-state index contributed by atoms with van der Waals surface area (Å²) in [7, 11) is 0. The van der Waals surface area contributed by atoms with Crippen molar-refractivity contribution in [1.29, 1.82) is 0 Å². The summed E-state index contributed by atoms with van der Waals surface area (Å²) >= 11 is 5.79. The summed E-state index contributed by atoms with van der Waals surface area (Å²) in [4.78, 5) is 23.6. The summed E-state index contributed by atoms with van der Waals surface area (Å²) < 4.78 is 0. The first kappa shape index (κ1) is 19.1. The van der Waals surface area contributed by atoms with Crippen molar-refractivity contribution in [3.05, 3.63) is 69.2 Å². The SMILES string of the molecule is C/C(=N\NC(=O)Cn1nnc(-c2ccccc2)n1)c1ccc(Cl)c([N+](=O)[O-])c1. The van der Waals surface area contributed by atoms with E-state index < -0.39 is 10.8 Å². The van der Waals surface area contributed by atoms with Crippen molar-refractivity contribution in [2.24, 2.45) is 5.10 Å². The van der Waals surface area contributed by atoms with Crippen LogP contribution in [0.25, 0.3) is 11.4 Å². The van der Waals surface area contributed by atoms with Crippen LogP contribution >= 0.6 is 11.6 Å². The van der Waals surface area contributed by atoms with Gasteiger partial charge in [-0.3, -0.25) is 14.9 Å². The number of aromatic nitrogens is 4. The number of amides is 1. The summed E-state index contributed by atoms with van der Waals surface area (Å²) in [5, 5.41) is 26.8. The molecule has 0 radical (unpaired) electrons. The summed E-state index contributed by atoms with van der Waals surface area (Å²) in [5.41, 5.74) is 3.75. The molecular weight excluding hydrogens is 386 g/mol. The Morgan fingerprint density at radius 3 is 2.75 bits per heavy atom. The van der Waals surface area contributed by atoms with Gasteiger partial charge in [0, 0.05) is 17.2 Å². The largest absolute Gasteiger partial charge is 0.288 e. The van der Waals surface area contributed by atoms with Gasteiger partial charge in [-0.2, -0.15) is 9.90 Å². The minimum absolute atomic E-state index is 0.0251. The molecule has 28 heavy (non-hydrogen) atoms. The lowest BCUT2D eigenvalue weighted by atomic mass is 10.1. The smallest absolute Gasteiger partial charge is 0.271 e. The number of carbonyl (C=O) groups is 1. The van der Waals surface area contributed by atoms with Crippen LogP contribution in [0.5, 0.6) is 0 Å². The predicted molar refractivity (Wildman–Crippen MR) is 102 cm³/mol. The Balaban J connectivity index is 1.65. The Hall–Kier alpha value is -3.66. The number of benzene rings is 2. The molecule has 0 fully saturated rings. The number of hydrogen-bond donors (Lipinski definition) is 1. The third-order valence-corrected chi connectivity index (χ3v) is 4.00. The molecule has 0 unspecified atom stereocenters. The topological polar surface area (TPSA) is 128 Å². The van der Waals surface area contributed by atoms with E-state index in [0.717, 1.165) is 10.4 Å². The molecule has 1 heterocycles. The molecular formula is C17H14ClN7O3. The summed E-state index contributed by atoms with van der Waals surface area (Å²) in [5.74, 6) is -0.0682. The molecule has 3 rings (SSSR count). The number of nitrogens with one attached hydrogen (secondary N) is 1. The van der Waals surface area contributed by atoms with Gasteiger partial charge in [0.1, 0.15) is 11.6 Å². The lowest BCUT2D eigenvalue weighted by Crippen LogP contribution is -2.25. The molecule has 142 valence electrons. The van der Waals surface area contributed by atoms with Gasteiger partial charge >= 0.3 is 0 Å². The number of hydrogen-bond acceptors (Lipinski definition) is 7. The van der Waals surface area contributed by atoms with Crippen molar-refractivity contribution in [2.75, 3.05) is 0 Å². The molecule has 0 aliphatic rings. The standard InChI is InChI=1S/C17H14ClN7O3/c1-11(13-7-8-14(18)15(9-13)25(27)28)19-20-16(26)10-24-22-17(21-23-24)12-5-3-2-4-6-12/h2-9H,10H2,1H3,(H,20,26)/b19-11+. The fourth-order valence-corrected chi connectivity index (χ4v) is 2.45. The van der Waals surface area contributed by atoms with Gasteiger partial charge in [-0.05, 0) is 18.2 Å². The second-order valence-corrected chi connectivity index (χ2v) is 6.07. The first-order chi connectivity index (χ1) is 13.4. The molecule has 0 spiro atoms. The van der Waals surface area contributed by atoms with Crippen molar-refractivity contribution in [2.45, 2.75) is 13.5 Å². The first-order valence-electron chi connectivity index (χ1n) is 8.04. The second kappa shape index (κ2) is 8.35. The van der Waals surface area contributed by atoms with Crippen LogP contribution in [0.2, 0.25) is 5.02 Å². The van der Waals surface area contributed by atoms with E-state index in [1.807, 2.05) is 30.3 Å². The Morgan fingerprint density at radius 2 is 2.04 bits per heavy atom. The average molecular weight is 400 g/mol. The molecule has 0 bridgehead atoms. The van der Waals surface area contributed by atoms with Gasteiger partial charge in [0.05, 0.1) is 10.6 Å². The van der Waals surface area contributed by atoms with Crippen LogP contribution in [0.4, 0.5) is 5.69 Å². The van der Waals surface area contributed by atoms with Crippen molar-refractivity contribution >= 4 is 28.9 Å². The van der Waals surface area contributed by atoms with E-state index in [0.29, 0.717) is 17.1 Å². The number of hydrazone groups is 1. The summed E-state index contributed by atoms with van der Waals surface area (Å²) in [6.45, 7) is 1.42. The van der Waals surface area contributed by atoms with Crippen LogP contribution in [0.3, 0.4) is 0 Å². The number of tetrazole rings is 1. The lowest BCUT2D eigenvalue weighted by molar-refractivity contribution is -0.384. The van der Waals surface area contributed by atoms with Gasteiger partial charge in [-0.25, -0.2) is 5.43 Å². The van der Waals surface area contributed by atoms with Crippen LogP contribution in [0.1, 0.15) is 12.5 Å². The molecule has 0 saturated heterocycles. The van der Waals surface area contributed by atoms with Gasteiger partial charge in [-0.15, -0.1) is 10.2 Å². The van der Waals surface area contributed by atoms with Crippen molar-refractivity contribution < 1.29 is 9.72 Å². The highest BCUT2D eigenvalue weighted by molar-refractivity contribution is 6.32. The van der Waals surface area contributed by atoms with Crippen LogP contribution in [0, 0.1) is 10.1 Å². The zero-order valence-corrected chi connectivity index (χ0v) is 15.4. The molecule has 1 aromatic heterocycles. The number of nitro benzene ring substituents is 1. The Bertz CT molecular complexity index is 1050. The Labute approximate surface area is 164 Å². The number of nitro groups is 1. The van der Waals surface area contributed by atoms with Gasteiger partial charge in [0.25, 0.3) is 11.6 Å². The van der Waals surface area contributed by atoms with E-state index in [2.05, 4.69) is 25.9 Å². The number of nitrogens with zero attached hydrogens (tertiary/aromatic N) is 6.